The minimum absolute atomic E-state index is 0.00415. The van der Waals surface area contributed by atoms with E-state index in [-0.39, 0.29) is 29.7 Å². The number of thiocarbonyl (C=S) groups is 1. The van der Waals surface area contributed by atoms with E-state index < -0.39 is 0 Å². The Balaban J connectivity index is 1.69. The molecule has 2 saturated heterocycles. The second-order valence-corrected chi connectivity index (χ2v) is 8.72. The Morgan fingerprint density at radius 1 is 1.40 bits per heavy atom. The number of nitrogens with one attached hydrogen (secondary N) is 1. The quantitative estimate of drug-likeness (QED) is 0.378. The number of ether oxygens (including phenoxy) is 1. The fourth-order valence-electron chi connectivity index (χ4n) is 3.43. The van der Waals surface area contributed by atoms with Crippen LogP contribution in [0.5, 0.6) is 0 Å². The van der Waals surface area contributed by atoms with E-state index in [0.717, 1.165) is 12.8 Å². The van der Waals surface area contributed by atoms with Crippen LogP contribution in [0.3, 0.4) is 0 Å². The molecular weight excluding hydrogens is 424 g/mol. The van der Waals surface area contributed by atoms with Gasteiger partial charge in [0.05, 0.1) is 23.1 Å². The molecule has 4 rings (SSSR count). The van der Waals surface area contributed by atoms with Crippen LogP contribution in [0.25, 0.3) is 11.7 Å². The van der Waals surface area contributed by atoms with Gasteiger partial charge in [-0.2, -0.15) is 0 Å². The Kier molecular flexibility index (Phi) is 6.47. The number of aliphatic hydroxyl groups excluding tert-OH is 1. The molecule has 0 aliphatic carbocycles. The van der Waals surface area contributed by atoms with Gasteiger partial charge in [-0.15, -0.1) is 0 Å². The maximum atomic E-state index is 13.1. The molecule has 0 unspecified atom stereocenters. The molecule has 1 amide bonds. The Hall–Kier alpha value is -2.27. The van der Waals surface area contributed by atoms with Crippen molar-refractivity contribution in [3.8, 4) is 0 Å². The maximum Gasteiger partial charge on any atom is 0.267 e. The Labute approximate surface area is 182 Å². The number of anilines is 1. The Bertz CT molecular complexity index is 1060. The maximum absolute atomic E-state index is 13.1. The number of aromatic nitrogens is 2. The zero-order chi connectivity index (χ0) is 21.1. The van der Waals surface area contributed by atoms with Crippen LogP contribution in [0.15, 0.2) is 34.1 Å². The molecule has 0 bridgehead atoms. The number of nitrogens with zero attached hydrogens (tertiary/aromatic N) is 3. The summed E-state index contributed by atoms with van der Waals surface area (Å²) in [6.07, 6.45) is 5.60. The standard InChI is InChI=1S/C20H22N4O4S2/c25-9-4-7-21-17-14(18(26)23-8-2-1-6-16(23)22-17)11-15-19(27)24(20(29)30-15)12-13-5-3-10-28-13/h1-2,6,8,11,13,21,25H,3-5,7,9-10,12H2/b15-11-/t13-/m1/s1. The van der Waals surface area contributed by atoms with E-state index >= 15 is 0 Å². The van der Waals surface area contributed by atoms with Crippen LogP contribution in [0, 0.1) is 0 Å². The van der Waals surface area contributed by atoms with Crippen LogP contribution in [0.2, 0.25) is 0 Å². The number of hydrogen-bond donors (Lipinski definition) is 2. The number of thioether (sulfide) groups is 1. The first-order valence-corrected chi connectivity index (χ1v) is 11.0. The van der Waals surface area contributed by atoms with Gasteiger partial charge in [0.15, 0.2) is 0 Å². The predicted octanol–water partition coefficient (Wildman–Crippen LogP) is 1.87. The number of carbonyl (C=O) groups is 1. The summed E-state index contributed by atoms with van der Waals surface area (Å²) in [4.78, 5) is 32.6. The number of fused-ring (bicyclic) bond motifs is 1. The van der Waals surface area contributed by atoms with Gasteiger partial charge in [-0.25, -0.2) is 4.98 Å². The highest BCUT2D eigenvalue weighted by molar-refractivity contribution is 8.26. The van der Waals surface area contributed by atoms with Crippen LogP contribution in [0.1, 0.15) is 24.8 Å². The molecule has 2 aromatic rings. The molecule has 0 aromatic carbocycles. The number of hydrogen-bond acceptors (Lipinski definition) is 8. The van der Waals surface area contributed by atoms with Gasteiger partial charge >= 0.3 is 0 Å². The molecule has 0 spiro atoms. The monoisotopic (exact) mass is 446 g/mol. The van der Waals surface area contributed by atoms with Crippen molar-refractivity contribution in [2.45, 2.75) is 25.4 Å². The molecular formula is C20H22N4O4S2. The molecule has 2 aromatic heterocycles. The highest BCUT2D eigenvalue weighted by Crippen LogP contribution is 2.34. The second kappa shape index (κ2) is 9.25. The third-order valence-corrected chi connectivity index (χ3v) is 6.33. The summed E-state index contributed by atoms with van der Waals surface area (Å²) < 4.78 is 7.53. The van der Waals surface area contributed by atoms with Crippen molar-refractivity contribution in [1.29, 1.82) is 0 Å². The van der Waals surface area contributed by atoms with Crippen LogP contribution in [-0.2, 0) is 9.53 Å². The largest absolute Gasteiger partial charge is 0.396 e. The van der Waals surface area contributed by atoms with Crippen molar-refractivity contribution in [1.82, 2.24) is 14.3 Å². The van der Waals surface area contributed by atoms with Gasteiger partial charge in [0.25, 0.3) is 11.5 Å². The molecule has 30 heavy (non-hydrogen) atoms. The summed E-state index contributed by atoms with van der Waals surface area (Å²) in [5.74, 6) is 0.156. The molecule has 2 aliphatic rings. The van der Waals surface area contributed by atoms with Gasteiger partial charge < -0.3 is 15.2 Å². The highest BCUT2D eigenvalue weighted by atomic mass is 32.2. The number of aliphatic hydroxyl groups is 1. The Morgan fingerprint density at radius 2 is 2.27 bits per heavy atom. The van der Waals surface area contributed by atoms with Crippen LogP contribution in [0.4, 0.5) is 5.82 Å². The summed E-state index contributed by atoms with van der Waals surface area (Å²) in [6.45, 7) is 1.61. The molecule has 2 aliphatic heterocycles. The van der Waals surface area contributed by atoms with Gasteiger partial charge in [-0.05, 0) is 37.5 Å². The van der Waals surface area contributed by atoms with Crippen LogP contribution in [-0.4, -0.2) is 62.0 Å². The van der Waals surface area contributed by atoms with Gasteiger partial charge in [-0.1, -0.05) is 30.0 Å². The van der Waals surface area contributed by atoms with Crippen molar-refractivity contribution < 1.29 is 14.6 Å². The average molecular weight is 447 g/mol. The van der Waals surface area contributed by atoms with E-state index in [2.05, 4.69) is 10.3 Å². The van der Waals surface area contributed by atoms with E-state index in [4.69, 9.17) is 22.1 Å². The van der Waals surface area contributed by atoms with E-state index in [1.807, 2.05) is 0 Å². The van der Waals surface area contributed by atoms with Gasteiger partial charge in [0, 0.05) is 26.0 Å². The van der Waals surface area contributed by atoms with Gasteiger partial charge in [-0.3, -0.25) is 18.9 Å². The molecule has 0 saturated carbocycles. The van der Waals surface area contributed by atoms with E-state index in [1.54, 1.807) is 35.4 Å². The zero-order valence-electron chi connectivity index (χ0n) is 16.2. The second-order valence-electron chi connectivity index (χ2n) is 7.04. The first-order valence-electron chi connectivity index (χ1n) is 9.81. The summed E-state index contributed by atoms with van der Waals surface area (Å²) >= 11 is 6.58. The molecule has 2 fully saturated rings. The van der Waals surface area contributed by atoms with E-state index in [1.165, 1.54) is 16.2 Å². The average Bonchev–Trinajstić information content (AvgIpc) is 3.35. The molecule has 4 heterocycles. The fourth-order valence-corrected chi connectivity index (χ4v) is 4.69. The molecule has 10 heteroatoms. The predicted molar refractivity (Wildman–Crippen MR) is 121 cm³/mol. The molecule has 158 valence electrons. The minimum atomic E-state index is -0.281. The van der Waals surface area contributed by atoms with Gasteiger partial charge in [0.1, 0.15) is 15.8 Å². The minimum Gasteiger partial charge on any atom is -0.396 e. The fraction of sp³-hybridized carbons (Fsp3) is 0.400. The lowest BCUT2D eigenvalue weighted by atomic mass is 10.2. The molecule has 0 radical (unpaired) electrons. The summed E-state index contributed by atoms with van der Waals surface area (Å²) in [5, 5.41) is 12.2. The highest BCUT2D eigenvalue weighted by Gasteiger charge is 2.35. The molecule has 8 nitrogen and oxygen atoms in total. The SMILES string of the molecule is O=C1/C(=C/c2c(NCCCO)nc3ccccn3c2=O)SC(=S)N1C[C@H]1CCCO1. The van der Waals surface area contributed by atoms with Crippen molar-refractivity contribution in [3.05, 3.63) is 45.2 Å². The van der Waals surface area contributed by atoms with Crippen LogP contribution < -0.4 is 10.9 Å². The number of carbonyl (C=O) groups excluding carboxylic acids is 1. The Morgan fingerprint density at radius 3 is 3.03 bits per heavy atom. The first kappa shape index (κ1) is 21.0. The molecule has 2 N–H and O–H groups in total. The lowest BCUT2D eigenvalue weighted by molar-refractivity contribution is -0.123. The number of pyridine rings is 1. The summed E-state index contributed by atoms with van der Waals surface area (Å²) in [5.41, 5.74) is 0.503. The first-order chi connectivity index (χ1) is 14.6. The lowest BCUT2D eigenvalue weighted by Gasteiger charge is -2.18. The van der Waals surface area contributed by atoms with E-state index in [0.29, 0.717) is 46.8 Å². The van der Waals surface area contributed by atoms with Crippen molar-refractivity contribution in [3.63, 3.8) is 0 Å². The number of amides is 1. The zero-order valence-corrected chi connectivity index (χ0v) is 17.9. The van der Waals surface area contributed by atoms with Gasteiger partial charge in [0.2, 0.25) is 0 Å². The van der Waals surface area contributed by atoms with Crippen molar-refractivity contribution in [2.24, 2.45) is 0 Å². The molecule has 1 atom stereocenters. The van der Waals surface area contributed by atoms with Crippen LogP contribution >= 0.6 is 24.0 Å². The third kappa shape index (κ3) is 4.27. The summed E-state index contributed by atoms with van der Waals surface area (Å²) in [7, 11) is 0. The third-order valence-electron chi connectivity index (χ3n) is 4.96. The smallest absolute Gasteiger partial charge is 0.267 e. The van der Waals surface area contributed by atoms with Crippen molar-refractivity contribution in [2.75, 3.05) is 31.6 Å². The topological polar surface area (TPSA) is 96.2 Å². The lowest BCUT2D eigenvalue weighted by Crippen LogP contribution is -2.35. The van der Waals surface area contributed by atoms with E-state index in [9.17, 15) is 9.59 Å². The number of rotatable bonds is 7. The van der Waals surface area contributed by atoms with Crippen molar-refractivity contribution >= 4 is 51.7 Å². The normalized spacial score (nSPS) is 20.6. The summed E-state index contributed by atoms with van der Waals surface area (Å²) in [6, 6.07) is 5.29.